The monoisotopic (exact) mass is 352 g/mol. The van der Waals surface area contributed by atoms with E-state index in [-0.39, 0.29) is 12.1 Å². The van der Waals surface area contributed by atoms with Crippen LogP contribution in [-0.4, -0.2) is 67.2 Å². The number of likely N-dealkylation sites (N-methyl/N-ethyl adjacent to an activating group) is 1. The van der Waals surface area contributed by atoms with Crippen molar-refractivity contribution in [2.75, 3.05) is 40.3 Å². The van der Waals surface area contributed by atoms with Crippen LogP contribution >= 0.6 is 11.6 Å². The molecule has 5 nitrogen and oxygen atoms in total. The SMILES string of the molecule is CCNC(=NCC(c1ccc(Cl)cc1)N(C)C)N1CCC(O)CC1. The Labute approximate surface area is 150 Å². The van der Waals surface area contributed by atoms with Gasteiger partial charge in [0.15, 0.2) is 5.96 Å². The number of halogens is 1. The Morgan fingerprint density at radius 3 is 2.50 bits per heavy atom. The molecule has 0 bridgehead atoms. The van der Waals surface area contributed by atoms with Crippen LogP contribution < -0.4 is 5.32 Å². The van der Waals surface area contributed by atoms with Gasteiger partial charge < -0.3 is 20.2 Å². The molecule has 24 heavy (non-hydrogen) atoms. The largest absolute Gasteiger partial charge is 0.393 e. The number of aliphatic hydroxyl groups excluding tert-OH is 1. The lowest BCUT2D eigenvalue weighted by Crippen LogP contribution is -2.46. The zero-order chi connectivity index (χ0) is 17.5. The fraction of sp³-hybridized carbons (Fsp3) is 0.611. The van der Waals surface area contributed by atoms with E-state index in [1.54, 1.807) is 0 Å². The summed E-state index contributed by atoms with van der Waals surface area (Å²) in [4.78, 5) is 9.28. The minimum atomic E-state index is -0.173. The predicted molar refractivity (Wildman–Crippen MR) is 101 cm³/mol. The summed E-state index contributed by atoms with van der Waals surface area (Å²) < 4.78 is 0. The molecule has 1 unspecified atom stereocenters. The van der Waals surface area contributed by atoms with Gasteiger partial charge in [-0.2, -0.15) is 0 Å². The molecular formula is C18H29ClN4O. The van der Waals surface area contributed by atoms with E-state index in [1.807, 2.05) is 12.1 Å². The number of nitrogens with one attached hydrogen (secondary N) is 1. The van der Waals surface area contributed by atoms with Crippen molar-refractivity contribution >= 4 is 17.6 Å². The molecule has 1 aliphatic rings. The van der Waals surface area contributed by atoms with Crippen LogP contribution in [0.1, 0.15) is 31.4 Å². The summed E-state index contributed by atoms with van der Waals surface area (Å²) in [7, 11) is 4.14. The summed E-state index contributed by atoms with van der Waals surface area (Å²) in [6.07, 6.45) is 1.44. The van der Waals surface area contributed by atoms with E-state index in [9.17, 15) is 5.11 Å². The van der Waals surface area contributed by atoms with E-state index in [0.717, 1.165) is 43.5 Å². The Balaban J connectivity index is 2.10. The third-order valence-corrected chi connectivity index (χ3v) is 4.64. The molecule has 1 saturated heterocycles. The maximum Gasteiger partial charge on any atom is 0.193 e. The number of likely N-dealkylation sites (tertiary alicyclic amines) is 1. The number of aliphatic hydroxyl groups is 1. The first-order valence-electron chi connectivity index (χ1n) is 8.64. The molecule has 0 saturated carbocycles. The van der Waals surface area contributed by atoms with Crippen LogP contribution in [0, 0.1) is 0 Å². The molecule has 1 aromatic rings. The third kappa shape index (κ3) is 5.36. The third-order valence-electron chi connectivity index (χ3n) is 4.39. The summed E-state index contributed by atoms with van der Waals surface area (Å²) in [6.45, 7) is 5.29. The fourth-order valence-corrected chi connectivity index (χ4v) is 3.05. The smallest absolute Gasteiger partial charge is 0.193 e. The van der Waals surface area contributed by atoms with Crippen molar-refractivity contribution in [1.29, 1.82) is 0 Å². The second-order valence-corrected chi connectivity index (χ2v) is 6.88. The van der Waals surface area contributed by atoms with Crippen LogP contribution in [0.15, 0.2) is 29.3 Å². The van der Waals surface area contributed by atoms with Crippen LogP contribution in [0.25, 0.3) is 0 Å². The van der Waals surface area contributed by atoms with Crippen molar-refractivity contribution in [3.8, 4) is 0 Å². The number of hydrogen-bond acceptors (Lipinski definition) is 3. The summed E-state index contributed by atoms with van der Waals surface area (Å²) in [5.74, 6) is 0.935. The first-order chi connectivity index (χ1) is 11.5. The average Bonchev–Trinajstić information content (AvgIpc) is 2.56. The van der Waals surface area contributed by atoms with Crippen molar-refractivity contribution in [2.24, 2.45) is 4.99 Å². The van der Waals surface area contributed by atoms with Crippen LogP contribution in [-0.2, 0) is 0 Å². The molecule has 1 heterocycles. The van der Waals surface area contributed by atoms with Gasteiger partial charge in [-0.25, -0.2) is 0 Å². The van der Waals surface area contributed by atoms with Gasteiger partial charge in [-0.05, 0) is 51.6 Å². The first kappa shape index (κ1) is 19.0. The van der Waals surface area contributed by atoms with E-state index in [4.69, 9.17) is 16.6 Å². The van der Waals surface area contributed by atoms with Crippen LogP contribution in [0.2, 0.25) is 5.02 Å². The molecule has 1 atom stereocenters. The number of aliphatic imine (C=N–C) groups is 1. The van der Waals surface area contributed by atoms with E-state index in [0.29, 0.717) is 6.54 Å². The second-order valence-electron chi connectivity index (χ2n) is 6.44. The van der Waals surface area contributed by atoms with Crippen LogP contribution in [0.5, 0.6) is 0 Å². The predicted octanol–water partition coefficient (Wildman–Crippen LogP) is 2.36. The van der Waals surface area contributed by atoms with Gasteiger partial charge in [-0.15, -0.1) is 0 Å². The number of benzene rings is 1. The second kappa shape index (κ2) is 9.25. The van der Waals surface area contributed by atoms with E-state index in [1.165, 1.54) is 5.56 Å². The standard InChI is InChI=1S/C18H29ClN4O/c1-4-20-18(23-11-9-16(24)10-12-23)21-13-17(22(2)3)14-5-7-15(19)8-6-14/h5-8,16-17,24H,4,9-13H2,1-3H3,(H,20,21). The van der Waals surface area contributed by atoms with Crippen molar-refractivity contribution < 1.29 is 5.11 Å². The highest BCUT2D eigenvalue weighted by Crippen LogP contribution is 2.21. The number of rotatable bonds is 5. The van der Waals surface area contributed by atoms with Gasteiger partial charge in [0, 0.05) is 24.7 Å². The number of piperidine rings is 1. The molecule has 2 rings (SSSR count). The quantitative estimate of drug-likeness (QED) is 0.631. The maximum atomic E-state index is 9.70. The Morgan fingerprint density at radius 2 is 1.96 bits per heavy atom. The molecule has 1 aliphatic heterocycles. The van der Waals surface area contributed by atoms with Crippen molar-refractivity contribution in [1.82, 2.24) is 15.1 Å². The highest BCUT2D eigenvalue weighted by Gasteiger charge is 2.20. The molecule has 6 heteroatoms. The molecule has 134 valence electrons. The van der Waals surface area contributed by atoms with Crippen molar-refractivity contribution in [3.63, 3.8) is 0 Å². The summed E-state index contributed by atoms with van der Waals surface area (Å²) in [5.41, 5.74) is 1.21. The minimum absolute atomic E-state index is 0.173. The maximum absolute atomic E-state index is 9.70. The van der Waals surface area contributed by atoms with Crippen LogP contribution in [0.3, 0.4) is 0 Å². The molecule has 0 aliphatic carbocycles. The highest BCUT2D eigenvalue weighted by atomic mass is 35.5. The van der Waals surface area contributed by atoms with E-state index >= 15 is 0 Å². The molecular weight excluding hydrogens is 324 g/mol. The fourth-order valence-electron chi connectivity index (χ4n) is 2.93. The van der Waals surface area contributed by atoms with E-state index in [2.05, 4.69) is 48.3 Å². The van der Waals surface area contributed by atoms with Gasteiger partial charge in [-0.1, -0.05) is 23.7 Å². The Hall–Kier alpha value is -1.30. The first-order valence-corrected chi connectivity index (χ1v) is 9.02. The molecule has 2 N–H and O–H groups in total. The lowest BCUT2D eigenvalue weighted by atomic mass is 10.1. The Bertz CT molecular complexity index is 524. The highest BCUT2D eigenvalue weighted by molar-refractivity contribution is 6.30. The minimum Gasteiger partial charge on any atom is -0.393 e. The Morgan fingerprint density at radius 1 is 1.33 bits per heavy atom. The molecule has 1 fully saturated rings. The molecule has 1 aromatic carbocycles. The number of guanidine groups is 1. The molecule has 0 aromatic heterocycles. The van der Waals surface area contributed by atoms with Gasteiger partial charge in [0.25, 0.3) is 0 Å². The molecule has 0 spiro atoms. The molecule has 0 amide bonds. The van der Waals surface area contributed by atoms with Gasteiger partial charge in [-0.3, -0.25) is 4.99 Å². The average molecular weight is 353 g/mol. The normalized spacial score (nSPS) is 18.1. The zero-order valence-corrected chi connectivity index (χ0v) is 15.6. The lowest BCUT2D eigenvalue weighted by Gasteiger charge is -2.33. The lowest BCUT2D eigenvalue weighted by molar-refractivity contribution is 0.108. The van der Waals surface area contributed by atoms with Gasteiger partial charge in [0.05, 0.1) is 18.7 Å². The van der Waals surface area contributed by atoms with Crippen LogP contribution in [0.4, 0.5) is 0 Å². The van der Waals surface area contributed by atoms with Gasteiger partial charge in [0.1, 0.15) is 0 Å². The summed E-state index contributed by atoms with van der Waals surface area (Å²) in [5, 5.41) is 13.8. The summed E-state index contributed by atoms with van der Waals surface area (Å²) >= 11 is 6.00. The Kier molecular flexibility index (Phi) is 7.34. The van der Waals surface area contributed by atoms with Crippen molar-refractivity contribution in [2.45, 2.75) is 31.9 Å². The van der Waals surface area contributed by atoms with Crippen molar-refractivity contribution in [3.05, 3.63) is 34.9 Å². The summed E-state index contributed by atoms with van der Waals surface area (Å²) in [6, 6.07) is 8.17. The number of hydrogen-bond donors (Lipinski definition) is 2. The topological polar surface area (TPSA) is 51.1 Å². The number of nitrogens with zero attached hydrogens (tertiary/aromatic N) is 3. The van der Waals surface area contributed by atoms with Gasteiger partial charge in [0.2, 0.25) is 0 Å². The molecule has 0 radical (unpaired) electrons. The van der Waals surface area contributed by atoms with E-state index < -0.39 is 0 Å². The zero-order valence-electron chi connectivity index (χ0n) is 14.9. The van der Waals surface area contributed by atoms with Gasteiger partial charge >= 0.3 is 0 Å².